The van der Waals surface area contributed by atoms with Crippen LogP contribution in [0.1, 0.15) is 31.4 Å². The molecule has 2 N–H and O–H groups in total. The van der Waals surface area contributed by atoms with Gasteiger partial charge in [0.1, 0.15) is 5.75 Å². The Bertz CT molecular complexity index is 842. The molecule has 0 aromatic heterocycles. The molecule has 1 aliphatic rings. The topological polar surface area (TPSA) is 80.3 Å². The number of rotatable bonds is 9. The molecule has 7 nitrogen and oxygen atoms in total. The Balaban J connectivity index is 1.63. The van der Waals surface area contributed by atoms with Crippen molar-refractivity contribution in [2.24, 2.45) is 0 Å². The Hall–Kier alpha value is -2.77. The molecule has 0 spiro atoms. The van der Waals surface area contributed by atoms with E-state index < -0.39 is 6.10 Å². The van der Waals surface area contributed by atoms with Gasteiger partial charge in [0.15, 0.2) is 11.5 Å². The third-order valence-electron chi connectivity index (χ3n) is 4.88. The summed E-state index contributed by atoms with van der Waals surface area (Å²) in [6, 6.07) is 12.8. The summed E-state index contributed by atoms with van der Waals surface area (Å²) in [5.41, 5.74) is 1.37. The number of hydrogen-bond acceptors (Lipinski definition) is 6. The average molecular weight is 415 g/mol. The number of nitrogens with one attached hydrogen (secondary N) is 1. The van der Waals surface area contributed by atoms with Gasteiger partial charge >= 0.3 is 0 Å². The van der Waals surface area contributed by atoms with E-state index in [1.807, 2.05) is 42.2 Å². The molecule has 0 saturated heterocycles. The van der Waals surface area contributed by atoms with Crippen LogP contribution in [0.3, 0.4) is 0 Å². The first-order chi connectivity index (χ1) is 14.6. The second kappa shape index (κ2) is 10.8. The zero-order chi connectivity index (χ0) is 21.3. The highest BCUT2D eigenvalue weighted by Crippen LogP contribution is 2.32. The van der Waals surface area contributed by atoms with Crippen molar-refractivity contribution in [1.82, 2.24) is 4.90 Å². The van der Waals surface area contributed by atoms with E-state index in [1.54, 1.807) is 19.2 Å². The normalized spacial score (nSPS) is 14.1. The molecular formula is C23H30N2O5. The van der Waals surface area contributed by atoms with Gasteiger partial charge in [-0.15, -0.1) is 0 Å². The van der Waals surface area contributed by atoms with E-state index >= 15 is 0 Å². The molecule has 0 fully saturated rings. The van der Waals surface area contributed by atoms with Crippen LogP contribution in [0.4, 0.5) is 5.69 Å². The summed E-state index contributed by atoms with van der Waals surface area (Å²) in [4.78, 5) is 14.5. The first-order valence-corrected chi connectivity index (χ1v) is 10.3. The highest BCUT2D eigenvalue weighted by molar-refractivity contribution is 5.93. The van der Waals surface area contributed by atoms with Crippen molar-refractivity contribution < 1.29 is 24.1 Å². The first-order valence-electron chi connectivity index (χ1n) is 10.3. The van der Waals surface area contributed by atoms with Crippen molar-refractivity contribution in [3.63, 3.8) is 0 Å². The highest BCUT2D eigenvalue weighted by atomic mass is 16.5. The number of para-hydroxylation sites is 2. The number of anilines is 1. The van der Waals surface area contributed by atoms with Crippen LogP contribution in [-0.4, -0.2) is 55.9 Å². The molecule has 1 atom stereocenters. The van der Waals surface area contributed by atoms with E-state index in [0.717, 1.165) is 18.4 Å². The lowest BCUT2D eigenvalue weighted by molar-refractivity contribution is -0.117. The Morgan fingerprint density at radius 3 is 2.73 bits per heavy atom. The van der Waals surface area contributed by atoms with Gasteiger partial charge in [-0.2, -0.15) is 0 Å². The minimum absolute atomic E-state index is 0.154. The molecule has 1 aliphatic heterocycles. The fourth-order valence-electron chi connectivity index (χ4n) is 3.43. The molecular weight excluding hydrogens is 384 g/mol. The number of aliphatic hydroxyl groups is 1. The summed E-state index contributed by atoms with van der Waals surface area (Å²) < 4.78 is 16.7. The summed E-state index contributed by atoms with van der Waals surface area (Å²) >= 11 is 0. The molecule has 2 aromatic rings. The molecule has 3 rings (SSSR count). The predicted molar refractivity (Wildman–Crippen MR) is 115 cm³/mol. The number of ether oxygens (including phenoxy) is 3. The third-order valence-corrected chi connectivity index (χ3v) is 4.88. The summed E-state index contributed by atoms with van der Waals surface area (Å²) in [7, 11) is 1.57. The SMILES string of the molecule is CCCN(CC(=O)Nc1ccccc1OC)CC(O)c1ccc2c(c1)OCCCO2. The number of benzene rings is 2. The lowest BCUT2D eigenvalue weighted by Crippen LogP contribution is -2.36. The van der Waals surface area contributed by atoms with E-state index in [4.69, 9.17) is 14.2 Å². The average Bonchev–Trinajstić information content (AvgIpc) is 2.99. The van der Waals surface area contributed by atoms with Gasteiger partial charge in [-0.1, -0.05) is 25.1 Å². The lowest BCUT2D eigenvalue weighted by Gasteiger charge is -2.25. The summed E-state index contributed by atoms with van der Waals surface area (Å²) in [5, 5.41) is 13.7. The quantitative estimate of drug-likeness (QED) is 0.656. The van der Waals surface area contributed by atoms with Crippen molar-refractivity contribution >= 4 is 11.6 Å². The number of carbonyl (C=O) groups is 1. The molecule has 2 aromatic carbocycles. The van der Waals surface area contributed by atoms with Gasteiger partial charge < -0.3 is 24.6 Å². The van der Waals surface area contributed by atoms with Crippen LogP contribution in [0, 0.1) is 0 Å². The van der Waals surface area contributed by atoms with Crippen molar-refractivity contribution in [2.75, 3.05) is 45.3 Å². The van der Waals surface area contributed by atoms with E-state index in [2.05, 4.69) is 5.32 Å². The standard InChI is InChI=1S/C23H30N2O5/c1-3-11-25(16-23(27)24-18-7-4-5-8-20(18)28-2)15-19(26)17-9-10-21-22(14-17)30-13-6-12-29-21/h4-5,7-10,14,19,26H,3,6,11-13,15-16H2,1-2H3,(H,24,27). The fraction of sp³-hybridized carbons (Fsp3) is 0.435. The predicted octanol–water partition coefficient (Wildman–Crippen LogP) is 3.24. The highest BCUT2D eigenvalue weighted by Gasteiger charge is 2.19. The first kappa shape index (κ1) is 21.9. The number of aliphatic hydroxyl groups excluding tert-OH is 1. The van der Waals surface area contributed by atoms with Crippen LogP contribution in [0.2, 0.25) is 0 Å². The van der Waals surface area contributed by atoms with Crippen LogP contribution >= 0.6 is 0 Å². The van der Waals surface area contributed by atoms with Crippen molar-refractivity contribution in [2.45, 2.75) is 25.9 Å². The zero-order valence-electron chi connectivity index (χ0n) is 17.6. The Morgan fingerprint density at radius 2 is 1.97 bits per heavy atom. The maximum Gasteiger partial charge on any atom is 0.238 e. The van der Waals surface area contributed by atoms with Gasteiger partial charge in [0.2, 0.25) is 5.91 Å². The zero-order valence-corrected chi connectivity index (χ0v) is 17.6. The number of amides is 1. The van der Waals surface area contributed by atoms with Crippen molar-refractivity contribution in [3.8, 4) is 17.2 Å². The summed E-state index contributed by atoms with van der Waals surface area (Å²) in [6.07, 6.45) is 0.960. The molecule has 1 heterocycles. The lowest BCUT2D eigenvalue weighted by atomic mass is 10.1. The maximum atomic E-state index is 12.6. The molecule has 7 heteroatoms. The fourth-order valence-corrected chi connectivity index (χ4v) is 3.43. The minimum Gasteiger partial charge on any atom is -0.495 e. The minimum atomic E-state index is -0.743. The van der Waals surface area contributed by atoms with Gasteiger partial charge in [-0.25, -0.2) is 0 Å². The van der Waals surface area contributed by atoms with Crippen LogP contribution in [-0.2, 0) is 4.79 Å². The van der Waals surface area contributed by atoms with E-state index in [-0.39, 0.29) is 12.5 Å². The molecule has 0 saturated carbocycles. The smallest absolute Gasteiger partial charge is 0.238 e. The molecule has 162 valence electrons. The van der Waals surface area contributed by atoms with Gasteiger partial charge in [0.25, 0.3) is 0 Å². The maximum absolute atomic E-state index is 12.6. The molecule has 1 unspecified atom stereocenters. The Kier molecular flexibility index (Phi) is 7.93. The monoisotopic (exact) mass is 414 g/mol. The number of carbonyl (C=O) groups excluding carboxylic acids is 1. The Morgan fingerprint density at radius 1 is 1.20 bits per heavy atom. The molecule has 30 heavy (non-hydrogen) atoms. The van der Waals surface area contributed by atoms with Gasteiger partial charge in [-0.05, 0) is 42.8 Å². The van der Waals surface area contributed by atoms with Crippen molar-refractivity contribution in [3.05, 3.63) is 48.0 Å². The van der Waals surface area contributed by atoms with Crippen molar-refractivity contribution in [1.29, 1.82) is 0 Å². The summed E-state index contributed by atoms with van der Waals surface area (Å²) in [6.45, 7) is 4.48. The van der Waals surface area contributed by atoms with Gasteiger partial charge in [-0.3, -0.25) is 9.69 Å². The van der Waals surface area contributed by atoms with E-state index in [0.29, 0.717) is 49.2 Å². The summed E-state index contributed by atoms with van der Waals surface area (Å²) in [5.74, 6) is 1.81. The second-order valence-electron chi connectivity index (χ2n) is 7.26. The number of fused-ring (bicyclic) bond motifs is 1. The van der Waals surface area contributed by atoms with Crippen LogP contribution < -0.4 is 19.5 Å². The third kappa shape index (κ3) is 5.87. The molecule has 0 radical (unpaired) electrons. The number of methoxy groups -OCH3 is 1. The Labute approximate surface area is 177 Å². The van der Waals surface area contributed by atoms with Gasteiger partial charge in [0, 0.05) is 13.0 Å². The van der Waals surface area contributed by atoms with Gasteiger partial charge in [0.05, 0.1) is 38.7 Å². The number of hydrogen-bond donors (Lipinski definition) is 2. The number of nitrogens with zero attached hydrogens (tertiary/aromatic N) is 1. The molecule has 0 bridgehead atoms. The second-order valence-corrected chi connectivity index (χ2v) is 7.26. The van der Waals surface area contributed by atoms with Crippen LogP contribution in [0.5, 0.6) is 17.2 Å². The molecule has 0 aliphatic carbocycles. The largest absolute Gasteiger partial charge is 0.495 e. The van der Waals surface area contributed by atoms with Crippen LogP contribution in [0.15, 0.2) is 42.5 Å². The van der Waals surface area contributed by atoms with E-state index in [1.165, 1.54) is 0 Å². The van der Waals surface area contributed by atoms with Crippen LogP contribution in [0.25, 0.3) is 0 Å². The van der Waals surface area contributed by atoms with E-state index in [9.17, 15) is 9.90 Å². The molecule has 1 amide bonds.